The van der Waals surface area contributed by atoms with Crippen LogP contribution in [0.3, 0.4) is 0 Å². The number of carbonyl (C=O) groups excluding carboxylic acids is 1. The Balaban J connectivity index is 1.88. The fourth-order valence-corrected chi connectivity index (χ4v) is 5.81. The second-order valence-corrected chi connectivity index (χ2v) is 10.3. The van der Waals surface area contributed by atoms with Crippen molar-refractivity contribution in [2.45, 2.75) is 34.7 Å². The molecule has 7 nitrogen and oxygen atoms in total. The summed E-state index contributed by atoms with van der Waals surface area (Å²) in [5.74, 6) is -8.05. The first-order valence-electron chi connectivity index (χ1n) is 9.85. The van der Waals surface area contributed by atoms with Crippen LogP contribution in [-0.2, 0) is 25.3 Å². The molecule has 2 aromatic rings. The molecule has 1 aliphatic heterocycles. The molecule has 0 aliphatic carbocycles. The molecule has 0 radical (unpaired) electrons. The molecule has 1 aliphatic rings. The summed E-state index contributed by atoms with van der Waals surface area (Å²) < 4.78 is 97.3. The molecule has 1 saturated heterocycles. The van der Waals surface area contributed by atoms with E-state index in [-0.39, 0.29) is 5.75 Å². The van der Waals surface area contributed by atoms with Crippen LogP contribution in [0.4, 0.5) is 22.0 Å². The number of ether oxygens (including phenoxy) is 1. The highest BCUT2D eigenvalue weighted by molar-refractivity contribution is 7.92. The number of likely N-dealkylation sites (tertiary alicyclic amines) is 1. The van der Waals surface area contributed by atoms with E-state index >= 15 is 0 Å². The van der Waals surface area contributed by atoms with Crippen molar-refractivity contribution in [3.05, 3.63) is 59.1 Å². The van der Waals surface area contributed by atoms with Crippen LogP contribution >= 0.6 is 11.6 Å². The Bertz CT molecular complexity index is 1220. The number of carbonyl (C=O) groups is 2. The smallest absolute Gasteiger partial charge is 0.422 e. The molecule has 190 valence electrons. The molecular formula is C21H17ClF5NO6S. The van der Waals surface area contributed by atoms with E-state index in [1.807, 2.05) is 0 Å². The van der Waals surface area contributed by atoms with Crippen LogP contribution in [0.5, 0.6) is 5.75 Å². The number of alkyl halides is 5. The number of benzene rings is 2. The van der Waals surface area contributed by atoms with Gasteiger partial charge in [-0.1, -0.05) is 41.9 Å². The van der Waals surface area contributed by atoms with Gasteiger partial charge < -0.3 is 14.7 Å². The third kappa shape index (κ3) is 5.67. The first-order chi connectivity index (χ1) is 16.1. The quantitative estimate of drug-likeness (QED) is 0.534. The van der Waals surface area contributed by atoms with E-state index in [4.69, 9.17) is 11.6 Å². The number of nitrogens with zero attached hydrogens (tertiary/aromatic N) is 1. The van der Waals surface area contributed by atoms with Crippen LogP contribution in [-0.4, -0.2) is 60.9 Å². The molecule has 0 unspecified atom stereocenters. The predicted molar refractivity (Wildman–Crippen MR) is 112 cm³/mol. The van der Waals surface area contributed by atoms with Crippen molar-refractivity contribution in [2.24, 2.45) is 0 Å². The number of hydrogen-bond donors (Lipinski definition) is 1. The molecule has 1 heterocycles. The average molecular weight is 542 g/mol. The largest absolute Gasteiger partial charge is 0.484 e. The molecule has 0 spiro atoms. The van der Waals surface area contributed by atoms with Gasteiger partial charge in [0.15, 0.2) is 16.4 Å². The maximum absolute atomic E-state index is 14.8. The Labute approximate surface area is 201 Å². The lowest BCUT2D eigenvalue weighted by atomic mass is 10.1. The molecule has 2 atom stereocenters. The standard InChI is InChI=1S/C21H17ClF5NO6S/c22-15-8-13(34-11-20(23,24)25)6-7-17(15)35(32,33)14-9-16(18(29)30)28(10-14)19(31)21(26,27)12-4-2-1-3-5-12/h1-8,14,16H,9-11H2,(H,29,30)/t14-,16+/m1/s1. The molecule has 3 rings (SSSR count). The number of carboxylic acids is 1. The number of rotatable bonds is 7. The van der Waals surface area contributed by atoms with E-state index in [0.29, 0.717) is 4.90 Å². The van der Waals surface area contributed by atoms with Crippen LogP contribution in [0.2, 0.25) is 5.02 Å². The summed E-state index contributed by atoms with van der Waals surface area (Å²) in [7, 11) is -4.48. The first kappa shape index (κ1) is 26.7. The summed E-state index contributed by atoms with van der Waals surface area (Å²) in [4.78, 5) is 24.1. The van der Waals surface area contributed by atoms with E-state index in [1.54, 1.807) is 0 Å². The minimum atomic E-state index is -4.65. The summed E-state index contributed by atoms with van der Waals surface area (Å²) in [5.41, 5.74) is -0.696. The highest BCUT2D eigenvalue weighted by Crippen LogP contribution is 2.37. The monoisotopic (exact) mass is 541 g/mol. The van der Waals surface area contributed by atoms with Crippen LogP contribution in [0.1, 0.15) is 12.0 Å². The van der Waals surface area contributed by atoms with Gasteiger partial charge in [0.25, 0.3) is 5.91 Å². The van der Waals surface area contributed by atoms with E-state index in [2.05, 4.69) is 4.74 Å². The summed E-state index contributed by atoms with van der Waals surface area (Å²) in [6.07, 6.45) is -5.35. The Morgan fingerprint density at radius 2 is 1.71 bits per heavy atom. The Morgan fingerprint density at radius 1 is 1.09 bits per heavy atom. The number of hydrogen-bond acceptors (Lipinski definition) is 5. The van der Waals surface area contributed by atoms with Crippen molar-refractivity contribution >= 4 is 33.3 Å². The lowest BCUT2D eigenvalue weighted by Gasteiger charge is -2.26. The number of aliphatic carboxylic acids is 1. The van der Waals surface area contributed by atoms with Gasteiger partial charge >= 0.3 is 18.1 Å². The van der Waals surface area contributed by atoms with Gasteiger partial charge in [-0.05, 0) is 18.6 Å². The van der Waals surface area contributed by atoms with Crippen molar-refractivity contribution in [1.82, 2.24) is 4.90 Å². The van der Waals surface area contributed by atoms with E-state index in [1.165, 1.54) is 18.2 Å². The van der Waals surface area contributed by atoms with Gasteiger partial charge in [-0.2, -0.15) is 22.0 Å². The third-order valence-electron chi connectivity index (χ3n) is 5.26. The molecule has 0 aromatic heterocycles. The first-order valence-corrected chi connectivity index (χ1v) is 11.8. The molecule has 35 heavy (non-hydrogen) atoms. The SMILES string of the molecule is O=C(O)[C@@H]1C[C@@H](S(=O)(=O)c2ccc(OCC(F)(F)F)cc2Cl)CN1C(=O)C(F)(F)c1ccccc1. The maximum Gasteiger partial charge on any atom is 0.422 e. The fraction of sp³-hybridized carbons (Fsp3) is 0.333. The van der Waals surface area contributed by atoms with Crippen molar-refractivity contribution in [1.29, 1.82) is 0 Å². The minimum absolute atomic E-state index is 0.298. The normalized spacial score (nSPS) is 19.0. The van der Waals surface area contributed by atoms with Crippen LogP contribution in [0.25, 0.3) is 0 Å². The fourth-order valence-electron chi connectivity index (χ4n) is 3.58. The lowest BCUT2D eigenvalue weighted by Crippen LogP contribution is -2.47. The number of carboxylic acid groups (broad SMARTS) is 1. The predicted octanol–water partition coefficient (Wildman–Crippen LogP) is 3.90. The number of sulfone groups is 1. The van der Waals surface area contributed by atoms with Gasteiger partial charge in [0.05, 0.1) is 15.2 Å². The molecule has 0 bridgehead atoms. The molecule has 1 N–H and O–H groups in total. The van der Waals surface area contributed by atoms with Gasteiger partial charge in [0, 0.05) is 18.2 Å². The van der Waals surface area contributed by atoms with Gasteiger partial charge in [-0.15, -0.1) is 0 Å². The zero-order valence-electron chi connectivity index (χ0n) is 17.5. The summed E-state index contributed by atoms with van der Waals surface area (Å²) in [5, 5.41) is 7.34. The Hall–Kier alpha value is -2.93. The van der Waals surface area contributed by atoms with E-state index in [0.717, 1.165) is 30.3 Å². The van der Waals surface area contributed by atoms with Crippen molar-refractivity contribution < 1.29 is 49.8 Å². The summed E-state index contributed by atoms with van der Waals surface area (Å²) in [6, 6.07) is 6.65. The van der Waals surface area contributed by atoms with Gasteiger partial charge in [0.1, 0.15) is 11.8 Å². The third-order valence-corrected chi connectivity index (χ3v) is 7.88. The number of halogens is 6. The second kappa shape index (κ2) is 9.61. The zero-order chi connectivity index (χ0) is 26.2. The highest BCUT2D eigenvalue weighted by atomic mass is 35.5. The molecule has 1 amide bonds. The minimum Gasteiger partial charge on any atom is -0.484 e. The van der Waals surface area contributed by atoms with Crippen molar-refractivity contribution in [2.75, 3.05) is 13.2 Å². The zero-order valence-corrected chi connectivity index (χ0v) is 19.1. The summed E-state index contributed by atoms with van der Waals surface area (Å²) in [6.45, 7) is -2.51. The average Bonchev–Trinajstić information content (AvgIpc) is 3.24. The van der Waals surface area contributed by atoms with Crippen molar-refractivity contribution in [3.8, 4) is 5.75 Å². The van der Waals surface area contributed by atoms with Crippen LogP contribution in [0, 0.1) is 0 Å². The number of amides is 1. The molecule has 0 saturated carbocycles. The molecule has 1 fully saturated rings. The molecule has 14 heteroatoms. The van der Waals surface area contributed by atoms with Gasteiger partial charge in [0.2, 0.25) is 0 Å². The van der Waals surface area contributed by atoms with Gasteiger partial charge in [-0.25, -0.2) is 13.2 Å². The highest BCUT2D eigenvalue weighted by Gasteiger charge is 2.53. The molecule has 2 aromatic carbocycles. The summed E-state index contributed by atoms with van der Waals surface area (Å²) >= 11 is 5.94. The topological polar surface area (TPSA) is 101 Å². The van der Waals surface area contributed by atoms with Gasteiger partial charge in [-0.3, -0.25) is 4.79 Å². The molecular weight excluding hydrogens is 525 g/mol. The van der Waals surface area contributed by atoms with Crippen LogP contribution < -0.4 is 4.74 Å². The van der Waals surface area contributed by atoms with Crippen molar-refractivity contribution in [3.63, 3.8) is 0 Å². The van der Waals surface area contributed by atoms with E-state index in [9.17, 15) is 45.1 Å². The van der Waals surface area contributed by atoms with Crippen LogP contribution in [0.15, 0.2) is 53.4 Å². The lowest BCUT2D eigenvalue weighted by molar-refractivity contribution is -0.164. The Kier molecular flexibility index (Phi) is 7.32. The van der Waals surface area contributed by atoms with E-state index < -0.39 is 80.2 Å². The maximum atomic E-state index is 14.8. The Morgan fingerprint density at radius 3 is 2.26 bits per heavy atom. The second-order valence-electron chi connectivity index (χ2n) is 7.65.